The van der Waals surface area contributed by atoms with E-state index in [9.17, 15) is 0 Å². The molecule has 2 aliphatic carbocycles. The van der Waals surface area contributed by atoms with Crippen molar-refractivity contribution in [3.63, 3.8) is 0 Å². The Balaban J connectivity index is 2.16. The van der Waals surface area contributed by atoms with Gasteiger partial charge in [0.05, 0.1) is 0 Å². The molecule has 2 aliphatic rings. The monoisotopic (exact) mass is 206 g/mol. The lowest BCUT2D eigenvalue weighted by Crippen LogP contribution is -2.23. The largest absolute Gasteiger partial charge is 0.0819 e. The highest BCUT2D eigenvalue weighted by Crippen LogP contribution is 2.43. The average molecular weight is 206 g/mol. The molecular weight excluding hydrogens is 180 g/mol. The number of fused-ring (bicyclic) bond motifs is 1. The van der Waals surface area contributed by atoms with Crippen LogP contribution in [-0.4, -0.2) is 0 Å². The molecule has 0 bridgehead atoms. The summed E-state index contributed by atoms with van der Waals surface area (Å²) in [5.74, 6) is 3.70. The van der Waals surface area contributed by atoms with Crippen LogP contribution >= 0.6 is 0 Å². The first-order valence-electron chi connectivity index (χ1n) is 6.91. The van der Waals surface area contributed by atoms with E-state index in [4.69, 9.17) is 0 Å². The van der Waals surface area contributed by atoms with E-state index in [1.165, 1.54) is 38.5 Å². The highest BCUT2D eigenvalue weighted by atomic mass is 14.4. The van der Waals surface area contributed by atoms with E-state index in [0.29, 0.717) is 0 Å². The summed E-state index contributed by atoms with van der Waals surface area (Å²) >= 11 is 0. The van der Waals surface area contributed by atoms with Crippen LogP contribution < -0.4 is 0 Å². The van der Waals surface area contributed by atoms with Crippen molar-refractivity contribution in [1.29, 1.82) is 0 Å². The minimum atomic E-state index is 0.891. The number of allylic oxidation sites excluding steroid dienone is 2. The minimum absolute atomic E-state index is 0.891. The maximum absolute atomic E-state index is 2.66. The van der Waals surface area contributed by atoms with Crippen LogP contribution in [0.15, 0.2) is 11.6 Å². The van der Waals surface area contributed by atoms with Gasteiger partial charge >= 0.3 is 0 Å². The van der Waals surface area contributed by atoms with E-state index in [1.54, 1.807) is 0 Å². The fraction of sp³-hybridized carbons (Fsp3) is 0.867. The summed E-state index contributed by atoms with van der Waals surface area (Å²) in [7, 11) is 0. The Hall–Kier alpha value is -0.260. The van der Waals surface area contributed by atoms with E-state index < -0.39 is 0 Å². The summed E-state index contributed by atoms with van der Waals surface area (Å²) < 4.78 is 0. The summed E-state index contributed by atoms with van der Waals surface area (Å²) in [5.41, 5.74) is 1.82. The van der Waals surface area contributed by atoms with Crippen molar-refractivity contribution >= 4 is 0 Å². The Bertz CT molecular complexity index is 238. The second-order valence-electron chi connectivity index (χ2n) is 5.97. The van der Waals surface area contributed by atoms with Crippen LogP contribution in [0.25, 0.3) is 0 Å². The van der Waals surface area contributed by atoms with Gasteiger partial charge in [-0.2, -0.15) is 0 Å². The number of hydrogen-bond acceptors (Lipinski definition) is 0. The zero-order valence-corrected chi connectivity index (χ0v) is 10.6. The van der Waals surface area contributed by atoms with Crippen molar-refractivity contribution in [2.45, 2.75) is 59.3 Å². The third-order valence-corrected chi connectivity index (χ3v) is 4.59. The summed E-state index contributed by atoms with van der Waals surface area (Å²) in [6, 6.07) is 0. The standard InChI is InChI=1S/C15H26/c1-4-13-6-5-7-15-12(3)8-11(2)9-14(15)10-13/h10-13,15H,4-9H2,1-3H3. The van der Waals surface area contributed by atoms with Gasteiger partial charge in [-0.15, -0.1) is 0 Å². The van der Waals surface area contributed by atoms with Gasteiger partial charge in [-0.3, -0.25) is 0 Å². The molecule has 4 atom stereocenters. The summed E-state index contributed by atoms with van der Waals surface area (Å²) in [4.78, 5) is 0. The van der Waals surface area contributed by atoms with Gasteiger partial charge in [0, 0.05) is 0 Å². The first-order chi connectivity index (χ1) is 7.20. The van der Waals surface area contributed by atoms with Gasteiger partial charge in [0.2, 0.25) is 0 Å². The maximum atomic E-state index is 2.66. The first kappa shape index (κ1) is 11.2. The van der Waals surface area contributed by atoms with E-state index >= 15 is 0 Å². The molecule has 0 nitrogen and oxygen atoms in total. The molecule has 0 aromatic carbocycles. The predicted molar refractivity (Wildman–Crippen MR) is 66.8 cm³/mol. The molecule has 0 heteroatoms. The first-order valence-corrected chi connectivity index (χ1v) is 6.91. The van der Waals surface area contributed by atoms with Crippen molar-refractivity contribution < 1.29 is 0 Å². The fourth-order valence-electron chi connectivity index (χ4n) is 3.77. The third-order valence-electron chi connectivity index (χ3n) is 4.59. The van der Waals surface area contributed by atoms with E-state index in [1.807, 2.05) is 5.57 Å². The van der Waals surface area contributed by atoms with E-state index in [0.717, 1.165) is 23.7 Å². The Morgan fingerprint density at radius 3 is 2.80 bits per heavy atom. The molecule has 15 heavy (non-hydrogen) atoms. The molecule has 0 saturated heterocycles. The molecule has 1 saturated carbocycles. The molecule has 0 N–H and O–H groups in total. The number of hydrogen-bond donors (Lipinski definition) is 0. The van der Waals surface area contributed by atoms with Crippen molar-refractivity contribution in [3.05, 3.63) is 11.6 Å². The van der Waals surface area contributed by atoms with Crippen molar-refractivity contribution in [2.24, 2.45) is 23.7 Å². The molecule has 0 aliphatic heterocycles. The zero-order chi connectivity index (χ0) is 10.8. The Labute approximate surface area is 95.1 Å². The van der Waals surface area contributed by atoms with Crippen LogP contribution in [0.1, 0.15) is 59.3 Å². The average Bonchev–Trinajstić information content (AvgIpc) is 2.39. The highest BCUT2D eigenvalue weighted by molar-refractivity contribution is 5.14. The van der Waals surface area contributed by atoms with Crippen LogP contribution in [0.2, 0.25) is 0 Å². The van der Waals surface area contributed by atoms with Crippen molar-refractivity contribution in [2.75, 3.05) is 0 Å². The normalized spacial score (nSPS) is 41.7. The van der Waals surface area contributed by atoms with Crippen molar-refractivity contribution in [1.82, 2.24) is 0 Å². The molecular formula is C15H26. The highest BCUT2D eigenvalue weighted by Gasteiger charge is 2.30. The van der Waals surface area contributed by atoms with Gasteiger partial charge in [0.25, 0.3) is 0 Å². The Morgan fingerprint density at radius 2 is 2.07 bits per heavy atom. The fourth-order valence-corrected chi connectivity index (χ4v) is 3.77. The molecule has 0 aromatic rings. The molecule has 0 heterocycles. The second kappa shape index (κ2) is 4.72. The van der Waals surface area contributed by atoms with Crippen LogP contribution in [0.3, 0.4) is 0 Å². The quantitative estimate of drug-likeness (QED) is 0.540. The van der Waals surface area contributed by atoms with Gasteiger partial charge < -0.3 is 0 Å². The molecule has 2 rings (SSSR count). The third kappa shape index (κ3) is 2.46. The summed E-state index contributed by atoms with van der Waals surface area (Å²) in [5, 5.41) is 0. The molecule has 1 fully saturated rings. The topological polar surface area (TPSA) is 0 Å². The Kier molecular flexibility index (Phi) is 3.53. The van der Waals surface area contributed by atoms with Gasteiger partial charge in [0.1, 0.15) is 0 Å². The molecule has 0 aromatic heterocycles. The second-order valence-corrected chi connectivity index (χ2v) is 5.97. The smallest absolute Gasteiger partial charge is 0.0177 e. The lowest BCUT2D eigenvalue weighted by Gasteiger charge is -2.34. The molecule has 0 amide bonds. The van der Waals surface area contributed by atoms with E-state index in [-0.39, 0.29) is 0 Å². The van der Waals surface area contributed by atoms with E-state index in [2.05, 4.69) is 26.8 Å². The number of rotatable bonds is 1. The van der Waals surface area contributed by atoms with Gasteiger partial charge in [-0.25, -0.2) is 0 Å². The lowest BCUT2D eigenvalue weighted by atomic mass is 9.71. The van der Waals surface area contributed by atoms with Crippen LogP contribution in [0.4, 0.5) is 0 Å². The zero-order valence-electron chi connectivity index (χ0n) is 10.6. The van der Waals surface area contributed by atoms with Crippen molar-refractivity contribution in [3.8, 4) is 0 Å². The predicted octanol–water partition coefficient (Wildman–Crippen LogP) is 4.81. The summed E-state index contributed by atoms with van der Waals surface area (Å²) in [6.07, 6.45) is 11.2. The van der Waals surface area contributed by atoms with Crippen LogP contribution in [0.5, 0.6) is 0 Å². The lowest BCUT2D eigenvalue weighted by molar-refractivity contribution is 0.258. The molecule has 4 unspecified atom stereocenters. The van der Waals surface area contributed by atoms with Crippen LogP contribution in [0, 0.1) is 23.7 Å². The van der Waals surface area contributed by atoms with Crippen LogP contribution in [-0.2, 0) is 0 Å². The molecule has 86 valence electrons. The SMILES string of the molecule is CCC1C=C2CC(C)CC(C)C2CCC1. The molecule has 0 radical (unpaired) electrons. The van der Waals surface area contributed by atoms with Gasteiger partial charge in [0.15, 0.2) is 0 Å². The minimum Gasteiger partial charge on any atom is -0.0819 e. The molecule has 0 spiro atoms. The van der Waals surface area contributed by atoms with Gasteiger partial charge in [-0.05, 0) is 55.8 Å². The summed E-state index contributed by atoms with van der Waals surface area (Å²) in [6.45, 7) is 7.25. The maximum Gasteiger partial charge on any atom is -0.0177 e. The van der Waals surface area contributed by atoms with Gasteiger partial charge in [-0.1, -0.05) is 38.8 Å². The Morgan fingerprint density at radius 1 is 1.27 bits per heavy atom.